The van der Waals surface area contributed by atoms with Crippen molar-refractivity contribution in [3.63, 3.8) is 0 Å². The molecule has 0 bridgehead atoms. The van der Waals surface area contributed by atoms with Gasteiger partial charge in [0.15, 0.2) is 0 Å². The molecule has 0 saturated carbocycles. The van der Waals surface area contributed by atoms with Gasteiger partial charge in [-0.15, -0.1) is 0 Å². The van der Waals surface area contributed by atoms with Crippen molar-refractivity contribution in [2.75, 3.05) is 0 Å². The molecule has 0 aromatic heterocycles. The summed E-state index contributed by atoms with van der Waals surface area (Å²) in [5, 5.41) is 25.2. The molecular formula is C9H9N3. The fourth-order valence-corrected chi connectivity index (χ4v) is 0.767. The number of nitriles is 3. The Morgan fingerprint density at radius 1 is 1.25 bits per heavy atom. The molecule has 0 aliphatic rings. The topological polar surface area (TPSA) is 71.4 Å². The lowest BCUT2D eigenvalue weighted by Gasteiger charge is -2.02. The lowest BCUT2D eigenvalue weighted by Crippen LogP contribution is -1.99. The van der Waals surface area contributed by atoms with Gasteiger partial charge in [-0.25, -0.2) is 0 Å². The van der Waals surface area contributed by atoms with Gasteiger partial charge >= 0.3 is 0 Å². The van der Waals surface area contributed by atoms with E-state index in [-0.39, 0.29) is 11.8 Å². The summed E-state index contributed by atoms with van der Waals surface area (Å²) in [6.45, 7) is 1.75. The van der Waals surface area contributed by atoms with Crippen LogP contribution < -0.4 is 0 Å². The minimum absolute atomic E-state index is 0.141. The molecule has 0 amide bonds. The van der Waals surface area contributed by atoms with Gasteiger partial charge in [0.1, 0.15) is 0 Å². The van der Waals surface area contributed by atoms with Gasteiger partial charge in [-0.1, -0.05) is 6.08 Å². The zero-order valence-corrected chi connectivity index (χ0v) is 6.86. The maximum Gasteiger partial charge on any atom is 0.0909 e. The average Bonchev–Trinajstić information content (AvgIpc) is 2.11. The largest absolute Gasteiger partial charge is 0.198 e. The number of allylic oxidation sites excluding steroid dienone is 2. The number of nitrogens with zero attached hydrogens (tertiary/aromatic N) is 3. The van der Waals surface area contributed by atoms with Crippen LogP contribution in [-0.4, -0.2) is 0 Å². The second-order valence-corrected chi connectivity index (χ2v) is 2.49. The molecule has 0 saturated heterocycles. The molecule has 0 aliphatic heterocycles. The molecule has 2 atom stereocenters. The van der Waals surface area contributed by atoms with Crippen LogP contribution in [-0.2, 0) is 0 Å². The zero-order chi connectivity index (χ0) is 9.40. The van der Waals surface area contributed by atoms with E-state index in [0.717, 1.165) is 0 Å². The molecule has 2 unspecified atom stereocenters. The Morgan fingerprint density at radius 3 is 2.33 bits per heavy atom. The molecule has 0 fully saturated rings. The van der Waals surface area contributed by atoms with Crippen molar-refractivity contribution in [2.45, 2.75) is 13.3 Å². The Balaban J connectivity index is 4.06. The first-order valence-electron chi connectivity index (χ1n) is 3.60. The molecule has 12 heavy (non-hydrogen) atoms. The number of hydrogen-bond acceptors (Lipinski definition) is 3. The van der Waals surface area contributed by atoms with Gasteiger partial charge in [0.25, 0.3) is 0 Å². The maximum atomic E-state index is 8.58. The molecule has 3 heteroatoms. The summed E-state index contributed by atoms with van der Waals surface area (Å²) in [5.41, 5.74) is 0. The first-order chi connectivity index (χ1) is 5.74. The van der Waals surface area contributed by atoms with Crippen LogP contribution in [0.15, 0.2) is 12.2 Å². The minimum Gasteiger partial charge on any atom is -0.198 e. The molecule has 0 aromatic carbocycles. The maximum absolute atomic E-state index is 8.58. The summed E-state index contributed by atoms with van der Waals surface area (Å²) < 4.78 is 0. The Bertz CT molecular complexity index is 272. The van der Waals surface area contributed by atoms with Crippen molar-refractivity contribution < 1.29 is 0 Å². The smallest absolute Gasteiger partial charge is 0.0909 e. The van der Waals surface area contributed by atoms with Crippen LogP contribution in [0.25, 0.3) is 0 Å². The average molecular weight is 159 g/mol. The summed E-state index contributed by atoms with van der Waals surface area (Å²) >= 11 is 0. The van der Waals surface area contributed by atoms with Crippen LogP contribution in [0.1, 0.15) is 13.3 Å². The first kappa shape index (κ1) is 10.2. The van der Waals surface area contributed by atoms with Gasteiger partial charge in [-0.05, 0) is 13.3 Å². The van der Waals surface area contributed by atoms with Gasteiger partial charge in [-0.3, -0.25) is 0 Å². The standard InChI is InChI=1S/C9H9N3/c1-8(6-11)5-9(7-12)3-2-4-10/h2-3,8-9H,5H2,1H3/b3-2+. The van der Waals surface area contributed by atoms with Gasteiger partial charge in [0.2, 0.25) is 0 Å². The lowest BCUT2D eigenvalue weighted by molar-refractivity contribution is 0.599. The van der Waals surface area contributed by atoms with E-state index in [1.54, 1.807) is 6.92 Å². The van der Waals surface area contributed by atoms with Crippen molar-refractivity contribution >= 4 is 0 Å². The van der Waals surface area contributed by atoms with Crippen molar-refractivity contribution in [3.05, 3.63) is 12.2 Å². The predicted octanol–water partition coefficient (Wildman–Crippen LogP) is 1.76. The van der Waals surface area contributed by atoms with E-state index in [1.165, 1.54) is 12.2 Å². The third-order valence-corrected chi connectivity index (χ3v) is 1.40. The molecule has 0 radical (unpaired) electrons. The van der Waals surface area contributed by atoms with Crippen LogP contribution in [0.5, 0.6) is 0 Å². The van der Waals surface area contributed by atoms with Crippen LogP contribution in [0.3, 0.4) is 0 Å². The molecule has 0 N–H and O–H groups in total. The highest BCUT2D eigenvalue weighted by molar-refractivity contribution is 5.09. The number of hydrogen-bond donors (Lipinski definition) is 0. The third-order valence-electron chi connectivity index (χ3n) is 1.40. The lowest BCUT2D eigenvalue weighted by atomic mass is 9.98. The monoisotopic (exact) mass is 159 g/mol. The van der Waals surface area contributed by atoms with Crippen molar-refractivity contribution in [2.24, 2.45) is 11.8 Å². The fourth-order valence-electron chi connectivity index (χ4n) is 0.767. The van der Waals surface area contributed by atoms with Crippen LogP contribution >= 0.6 is 0 Å². The normalized spacial score (nSPS) is 14.2. The Morgan fingerprint density at radius 2 is 1.92 bits per heavy atom. The van der Waals surface area contributed by atoms with Gasteiger partial charge in [-0.2, -0.15) is 15.8 Å². The molecular weight excluding hydrogens is 150 g/mol. The van der Waals surface area contributed by atoms with Crippen molar-refractivity contribution in [1.29, 1.82) is 15.8 Å². The Kier molecular flexibility index (Phi) is 5.07. The van der Waals surface area contributed by atoms with Crippen molar-refractivity contribution in [1.82, 2.24) is 0 Å². The highest BCUT2D eigenvalue weighted by Gasteiger charge is 2.07. The van der Waals surface area contributed by atoms with Crippen molar-refractivity contribution in [3.8, 4) is 18.2 Å². The molecule has 0 rings (SSSR count). The van der Waals surface area contributed by atoms with Crippen LogP contribution in [0.2, 0.25) is 0 Å². The second kappa shape index (κ2) is 5.96. The van der Waals surface area contributed by atoms with E-state index < -0.39 is 0 Å². The highest BCUT2D eigenvalue weighted by Crippen LogP contribution is 2.11. The minimum atomic E-state index is -0.320. The van der Waals surface area contributed by atoms with Gasteiger partial charge in [0, 0.05) is 12.0 Å². The second-order valence-electron chi connectivity index (χ2n) is 2.49. The zero-order valence-electron chi connectivity index (χ0n) is 6.86. The van der Waals surface area contributed by atoms with E-state index in [4.69, 9.17) is 15.8 Å². The van der Waals surface area contributed by atoms with E-state index in [0.29, 0.717) is 6.42 Å². The van der Waals surface area contributed by atoms with Crippen LogP contribution in [0, 0.1) is 45.8 Å². The predicted molar refractivity (Wildman–Crippen MR) is 43.3 cm³/mol. The Hall–Kier alpha value is -1.79. The van der Waals surface area contributed by atoms with E-state index in [9.17, 15) is 0 Å². The first-order valence-corrected chi connectivity index (χ1v) is 3.60. The molecule has 0 aliphatic carbocycles. The SMILES string of the molecule is CC(C#N)CC(C#N)/C=C/C#N. The molecule has 3 nitrogen and oxygen atoms in total. The van der Waals surface area contributed by atoms with E-state index in [2.05, 4.69) is 0 Å². The quantitative estimate of drug-likeness (QED) is 0.589. The summed E-state index contributed by atoms with van der Waals surface area (Å²) in [6, 6.07) is 5.86. The van der Waals surface area contributed by atoms with Gasteiger partial charge < -0.3 is 0 Å². The Labute approximate surface area is 72.1 Å². The molecule has 60 valence electrons. The summed E-state index contributed by atoms with van der Waals surface area (Å²) in [4.78, 5) is 0. The molecule has 0 aromatic rings. The third kappa shape index (κ3) is 4.09. The van der Waals surface area contributed by atoms with E-state index in [1.807, 2.05) is 18.2 Å². The summed E-state index contributed by atoms with van der Waals surface area (Å²) in [7, 11) is 0. The fraction of sp³-hybridized carbons (Fsp3) is 0.444. The van der Waals surface area contributed by atoms with E-state index >= 15 is 0 Å². The summed E-state index contributed by atoms with van der Waals surface area (Å²) in [5.74, 6) is -0.461. The van der Waals surface area contributed by atoms with Gasteiger partial charge in [0.05, 0.1) is 24.1 Å². The highest BCUT2D eigenvalue weighted by atomic mass is 14.3. The summed E-state index contributed by atoms with van der Waals surface area (Å²) in [6.07, 6.45) is 3.29. The molecule has 0 spiro atoms. The molecule has 0 heterocycles. The number of rotatable bonds is 3. The van der Waals surface area contributed by atoms with Crippen LogP contribution in [0.4, 0.5) is 0 Å².